The molecule has 0 saturated heterocycles. The fraction of sp³-hybridized carbons (Fsp3) is 0.500. The summed E-state index contributed by atoms with van der Waals surface area (Å²) in [5.41, 5.74) is 0.837. The van der Waals surface area contributed by atoms with Gasteiger partial charge in [0.15, 0.2) is 6.61 Å². The first-order valence-corrected chi connectivity index (χ1v) is 7.40. The van der Waals surface area contributed by atoms with Crippen LogP contribution in [0.4, 0.5) is 0 Å². The quantitative estimate of drug-likeness (QED) is 0.821. The van der Waals surface area contributed by atoms with E-state index in [1.54, 1.807) is 12.1 Å². The summed E-state index contributed by atoms with van der Waals surface area (Å²) in [7, 11) is 0. The van der Waals surface area contributed by atoms with Crippen LogP contribution in [0.5, 0.6) is 0 Å². The largest absolute Gasteiger partial charge is 0.455 e. The molecule has 1 amide bonds. The smallest absolute Gasteiger partial charge is 0.314 e. The van der Waals surface area contributed by atoms with E-state index in [4.69, 9.17) is 16.3 Å². The van der Waals surface area contributed by atoms with Crippen molar-refractivity contribution in [2.75, 3.05) is 6.61 Å². The minimum absolute atomic E-state index is 0.0216. The molecule has 0 aliphatic rings. The van der Waals surface area contributed by atoms with Gasteiger partial charge in [0.1, 0.15) is 0 Å². The van der Waals surface area contributed by atoms with Gasteiger partial charge in [-0.25, -0.2) is 0 Å². The summed E-state index contributed by atoms with van der Waals surface area (Å²) in [4.78, 5) is 23.8. The highest BCUT2D eigenvalue weighted by atomic mass is 35.5. The molecule has 0 aliphatic carbocycles. The summed E-state index contributed by atoms with van der Waals surface area (Å²) in [6.45, 7) is 7.33. The van der Waals surface area contributed by atoms with Crippen molar-refractivity contribution in [3.63, 3.8) is 0 Å². The standard InChI is InChI=1S/C16H22ClNO3/c1-10(2)15(12-5-7-13(17)8-6-12)16(20)21-9-14(19)18-11(3)4/h5-8,10-11,15H,9H2,1-4H3,(H,18,19)/t15-/m1/s1. The zero-order valence-corrected chi connectivity index (χ0v) is 13.6. The Bertz CT molecular complexity index is 483. The molecule has 1 aromatic carbocycles. The lowest BCUT2D eigenvalue weighted by Crippen LogP contribution is -2.35. The van der Waals surface area contributed by atoms with Crippen molar-refractivity contribution in [3.05, 3.63) is 34.9 Å². The van der Waals surface area contributed by atoms with Gasteiger partial charge in [0.05, 0.1) is 5.92 Å². The summed E-state index contributed by atoms with van der Waals surface area (Å²) in [5.74, 6) is -1.04. The van der Waals surface area contributed by atoms with Crippen molar-refractivity contribution >= 4 is 23.5 Å². The summed E-state index contributed by atoms with van der Waals surface area (Å²) < 4.78 is 5.13. The van der Waals surface area contributed by atoms with E-state index < -0.39 is 11.9 Å². The van der Waals surface area contributed by atoms with Gasteiger partial charge >= 0.3 is 5.97 Å². The Balaban J connectivity index is 2.70. The Morgan fingerprint density at radius 2 is 1.71 bits per heavy atom. The van der Waals surface area contributed by atoms with Crippen LogP contribution in [0.2, 0.25) is 5.02 Å². The first-order valence-electron chi connectivity index (χ1n) is 7.02. The minimum Gasteiger partial charge on any atom is -0.455 e. The predicted octanol–water partition coefficient (Wildman–Crippen LogP) is 3.15. The molecule has 21 heavy (non-hydrogen) atoms. The second-order valence-corrected chi connectivity index (χ2v) is 6.04. The second kappa shape index (κ2) is 8.03. The van der Waals surface area contributed by atoms with E-state index in [-0.39, 0.29) is 24.5 Å². The maximum absolute atomic E-state index is 12.2. The van der Waals surface area contributed by atoms with Crippen LogP contribution in [-0.2, 0) is 14.3 Å². The first-order chi connectivity index (χ1) is 9.81. The fourth-order valence-electron chi connectivity index (χ4n) is 2.05. The van der Waals surface area contributed by atoms with Gasteiger partial charge in [-0.05, 0) is 37.5 Å². The van der Waals surface area contributed by atoms with Gasteiger partial charge in [-0.2, -0.15) is 0 Å². The van der Waals surface area contributed by atoms with E-state index in [0.717, 1.165) is 5.56 Å². The Hall–Kier alpha value is -1.55. The van der Waals surface area contributed by atoms with Crippen molar-refractivity contribution in [2.24, 2.45) is 5.92 Å². The van der Waals surface area contributed by atoms with Crippen LogP contribution in [0.25, 0.3) is 0 Å². The van der Waals surface area contributed by atoms with Crippen LogP contribution in [0, 0.1) is 5.92 Å². The number of ether oxygens (including phenoxy) is 1. The number of benzene rings is 1. The van der Waals surface area contributed by atoms with Crippen molar-refractivity contribution < 1.29 is 14.3 Å². The third-order valence-electron chi connectivity index (χ3n) is 2.94. The lowest BCUT2D eigenvalue weighted by atomic mass is 9.88. The van der Waals surface area contributed by atoms with E-state index in [0.29, 0.717) is 5.02 Å². The van der Waals surface area contributed by atoms with Crippen molar-refractivity contribution in [1.29, 1.82) is 0 Å². The molecule has 116 valence electrons. The van der Waals surface area contributed by atoms with Crippen LogP contribution >= 0.6 is 11.6 Å². The van der Waals surface area contributed by atoms with E-state index in [2.05, 4.69) is 5.32 Å². The molecule has 0 unspecified atom stereocenters. The van der Waals surface area contributed by atoms with Crippen molar-refractivity contribution in [2.45, 2.75) is 39.7 Å². The molecule has 1 atom stereocenters. The monoisotopic (exact) mass is 311 g/mol. The molecular weight excluding hydrogens is 290 g/mol. The fourth-order valence-corrected chi connectivity index (χ4v) is 2.18. The number of esters is 1. The van der Waals surface area contributed by atoms with Gasteiger partial charge < -0.3 is 10.1 Å². The number of carbonyl (C=O) groups excluding carboxylic acids is 2. The summed E-state index contributed by atoms with van der Waals surface area (Å²) >= 11 is 5.86. The number of halogens is 1. The third kappa shape index (κ3) is 5.76. The SMILES string of the molecule is CC(C)NC(=O)COC(=O)[C@@H](c1ccc(Cl)cc1)C(C)C. The van der Waals surface area contributed by atoms with Gasteiger partial charge in [-0.15, -0.1) is 0 Å². The number of hydrogen-bond acceptors (Lipinski definition) is 3. The maximum Gasteiger partial charge on any atom is 0.314 e. The molecule has 1 aromatic rings. The van der Waals surface area contributed by atoms with Crippen molar-refractivity contribution in [3.8, 4) is 0 Å². The lowest BCUT2D eigenvalue weighted by molar-refractivity contribution is -0.151. The topological polar surface area (TPSA) is 55.4 Å². The Kier molecular flexibility index (Phi) is 6.69. The Morgan fingerprint density at radius 1 is 1.14 bits per heavy atom. The molecule has 0 heterocycles. The number of rotatable bonds is 6. The molecule has 0 aromatic heterocycles. The summed E-state index contributed by atoms with van der Waals surface area (Å²) in [6.07, 6.45) is 0. The molecule has 0 spiro atoms. The molecule has 0 radical (unpaired) electrons. The van der Waals surface area contributed by atoms with Gasteiger partial charge in [0, 0.05) is 11.1 Å². The average molecular weight is 312 g/mol. The zero-order valence-electron chi connectivity index (χ0n) is 12.9. The van der Waals surface area contributed by atoms with Crippen LogP contribution < -0.4 is 5.32 Å². The van der Waals surface area contributed by atoms with Gasteiger partial charge in [-0.1, -0.05) is 37.6 Å². The highest BCUT2D eigenvalue weighted by Crippen LogP contribution is 2.27. The van der Waals surface area contributed by atoms with Crippen LogP contribution in [-0.4, -0.2) is 24.5 Å². The van der Waals surface area contributed by atoms with Crippen LogP contribution in [0.15, 0.2) is 24.3 Å². The molecule has 4 nitrogen and oxygen atoms in total. The van der Waals surface area contributed by atoms with Gasteiger partial charge in [0.2, 0.25) is 0 Å². The maximum atomic E-state index is 12.2. The van der Waals surface area contributed by atoms with Gasteiger partial charge in [0.25, 0.3) is 5.91 Å². The number of hydrogen-bond donors (Lipinski definition) is 1. The van der Waals surface area contributed by atoms with Crippen molar-refractivity contribution in [1.82, 2.24) is 5.32 Å². The number of amides is 1. The molecule has 0 aliphatic heterocycles. The van der Waals surface area contributed by atoms with E-state index in [1.165, 1.54) is 0 Å². The summed E-state index contributed by atoms with van der Waals surface area (Å²) in [5, 5.41) is 3.30. The zero-order chi connectivity index (χ0) is 16.0. The van der Waals surface area contributed by atoms with Gasteiger partial charge in [-0.3, -0.25) is 9.59 Å². The molecule has 1 N–H and O–H groups in total. The highest BCUT2D eigenvalue weighted by Gasteiger charge is 2.26. The molecule has 1 rings (SSSR count). The molecule has 5 heteroatoms. The third-order valence-corrected chi connectivity index (χ3v) is 3.20. The normalized spacial score (nSPS) is 12.3. The van der Waals surface area contributed by atoms with E-state index >= 15 is 0 Å². The lowest BCUT2D eigenvalue weighted by Gasteiger charge is -2.20. The average Bonchev–Trinajstić information content (AvgIpc) is 2.38. The number of nitrogens with one attached hydrogen (secondary N) is 1. The Morgan fingerprint density at radius 3 is 2.19 bits per heavy atom. The minimum atomic E-state index is -0.408. The van der Waals surface area contributed by atoms with Crippen LogP contribution in [0.3, 0.4) is 0 Å². The Labute approximate surface area is 130 Å². The van der Waals surface area contributed by atoms with E-state index in [9.17, 15) is 9.59 Å². The van der Waals surface area contributed by atoms with Crippen LogP contribution in [0.1, 0.15) is 39.2 Å². The molecule has 0 fully saturated rings. The predicted molar refractivity (Wildman–Crippen MR) is 83.3 cm³/mol. The first kappa shape index (κ1) is 17.5. The number of carbonyl (C=O) groups is 2. The molecule has 0 saturated carbocycles. The summed E-state index contributed by atoms with van der Waals surface area (Å²) in [6, 6.07) is 7.12. The molecular formula is C16H22ClNO3. The molecule has 0 bridgehead atoms. The second-order valence-electron chi connectivity index (χ2n) is 5.60. The van der Waals surface area contributed by atoms with E-state index in [1.807, 2.05) is 39.8 Å². The highest BCUT2D eigenvalue weighted by molar-refractivity contribution is 6.30.